The fourth-order valence-electron chi connectivity index (χ4n) is 2.79. The summed E-state index contributed by atoms with van der Waals surface area (Å²) in [5.74, 6) is -0.395. The molecule has 3 rings (SSSR count). The lowest BCUT2D eigenvalue weighted by molar-refractivity contribution is 0.0472. The van der Waals surface area contributed by atoms with Crippen molar-refractivity contribution in [3.63, 3.8) is 0 Å². The Morgan fingerprint density at radius 1 is 1.23 bits per heavy atom. The van der Waals surface area contributed by atoms with Crippen molar-refractivity contribution in [3.05, 3.63) is 51.2 Å². The lowest BCUT2D eigenvalue weighted by Crippen LogP contribution is -2.40. The Labute approximate surface area is 157 Å². The number of rotatable bonds is 5. The number of thiophene rings is 1. The Bertz CT molecular complexity index is 898. The van der Waals surface area contributed by atoms with Crippen molar-refractivity contribution in [1.29, 1.82) is 0 Å². The molecule has 2 heterocycles. The van der Waals surface area contributed by atoms with E-state index in [0.717, 1.165) is 9.75 Å². The summed E-state index contributed by atoms with van der Waals surface area (Å²) in [6, 6.07) is 8.34. The number of esters is 1. The summed E-state index contributed by atoms with van der Waals surface area (Å²) in [7, 11) is -3.56. The van der Waals surface area contributed by atoms with Crippen LogP contribution in [0.3, 0.4) is 0 Å². The SMILES string of the molecule is Cc1cc(C(=O)OCc2cccc(S(=O)(=O)N3CCOCC3)c2)c(C)s1. The van der Waals surface area contributed by atoms with E-state index in [4.69, 9.17) is 9.47 Å². The first-order valence-electron chi connectivity index (χ1n) is 8.29. The predicted octanol–water partition coefficient (Wildman–Crippen LogP) is 2.74. The quantitative estimate of drug-likeness (QED) is 0.728. The first-order valence-corrected chi connectivity index (χ1v) is 10.5. The Kier molecular flexibility index (Phi) is 5.76. The molecule has 0 unspecified atom stereocenters. The van der Waals surface area contributed by atoms with E-state index in [1.165, 1.54) is 4.31 Å². The molecule has 0 bridgehead atoms. The molecule has 0 saturated carbocycles. The van der Waals surface area contributed by atoms with Crippen LogP contribution in [0.5, 0.6) is 0 Å². The zero-order chi connectivity index (χ0) is 18.7. The van der Waals surface area contributed by atoms with Gasteiger partial charge in [-0.3, -0.25) is 0 Å². The largest absolute Gasteiger partial charge is 0.457 e. The lowest BCUT2D eigenvalue weighted by atomic mass is 10.2. The summed E-state index contributed by atoms with van der Waals surface area (Å²) in [4.78, 5) is 14.4. The molecule has 1 aliphatic rings. The molecular formula is C18H21NO5S2. The van der Waals surface area contributed by atoms with Gasteiger partial charge in [-0.2, -0.15) is 4.31 Å². The van der Waals surface area contributed by atoms with Crippen LogP contribution in [0.2, 0.25) is 0 Å². The van der Waals surface area contributed by atoms with Crippen molar-refractivity contribution in [2.45, 2.75) is 25.3 Å². The van der Waals surface area contributed by atoms with E-state index in [-0.39, 0.29) is 11.5 Å². The zero-order valence-corrected chi connectivity index (χ0v) is 16.4. The summed E-state index contributed by atoms with van der Waals surface area (Å²) in [6.07, 6.45) is 0. The molecule has 8 heteroatoms. The fraction of sp³-hybridized carbons (Fsp3) is 0.389. The number of morpholine rings is 1. The van der Waals surface area contributed by atoms with Gasteiger partial charge in [-0.25, -0.2) is 13.2 Å². The third-order valence-corrected chi connectivity index (χ3v) is 7.00. The molecule has 26 heavy (non-hydrogen) atoms. The molecule has 0 aliphatic carbocycles. The zero-order valence-electron chi connectivity index (χ0n) is 14.7. The highest BCUT2D eigenvalue weighted by Gasteiger charge is 2.26. The van der Waals surface area contributed by atoms with Gasteiger partial charge in [0.1, 0.15) is 6.61 Å². The van der Waals surface area contributed by atoms with E-state index in [1.54, 1.807) is 35.6 Å². The Balaban J connectivity index is 1.71. The minimum absolute atomic E-state index is 0.0274. The Morgan fingerprint density at radius 2 is 1.96 bits per heavy atom. The van der Waals surface area contributed by atoms with Gasteiger partial charge < -0.3 is 9.47 Å². The van der Waals surface area contributed by atoms with Crippen molar-refractivity contribution >= 4 is 27.3 Å². The van der Waals surface area contributed by atoms with E-state index in [9.17, 15) is 13.2 Å². The van der Waals surface area contributed by atoms with Crippen molar-refractivity contribution < 1.29 is 22.7 Å². The summed E-state index contributed by atoms with van der Waals surface area (Å²) in [5.41, 5.74) is 1.20. The molecule has 1 aliphatic heterocycles. The van der Waals surface area contributed by atoms with Crippen LogP contribution in [0.1, 0.15) is 25.7 Å². The van der Waals surface area contributed by atoms with Gasteiger partial charge in [0.2, 0.25) is 10.0 Å². The van der Waals surface area contributed by atoms with Crippen molar-refractivity contribution in [3.8, 4) is 0 Å². The number of carbonyl (C=O) groups is 1. The average Bonchev–Trinajstić information content (AvgIpc) is 2.99. The highest BCUT2D eigenvalue weighted by molar-refractivity contribution is 7.89. The van der Waals surface area contributed by atoms with Crippen molar-refractivity contribution in [2.24, 2.45) is 0 Å². The molecule has 2 aromatic rings. The summed E-state index contributed by atoms with van der Waals surface area (Å²) >= 11 is 1.54. The van der Waals surface area contributed by atoms with Crippen LogP contribution >= 0.6 is 11.3 Å². The summed E-state index contributed by atoms with van der Waals surface area (Å²) in [6.45, 7) is 5.33. The van der Waals surface area contributed by atoms with Crippen molar-refractivity contribution in [2.75, 3.05) is 26.3 Å². The number of ether oxygens (including phenoxy) is 2. The topological polar surface area (TPSA) is 72.9 Å². The van der Waals surface area contributed by atoms with Gasteiger partial charge in [-0.05, 0) is 37.6 Å². The van der Waals surface area contributed by atoms with E-state index < -0.39 is 16.0 Å². The van der Waals surface area contributed by atoms with Gasteiger partial charge in [0.25, 0.3) is 0 Å². The van der Waals surface area contributed by atoms with E-state index >= 15 is 0 Å². The standard InChI is InChI=1S/C18H21NO5S2/c1-13-10-17(14(2)25-13)18(20)24-12-15-4-3-5-16(11-15)26(21,22)19-6-8-23-9-7-19/h3-5,10-11H,6-9,12H2,1-2H3. The van der Waals surface area contributed by atoms with Gasteiger partial charge in [0.15, 0.2) is 0 Å². The molecule has 1 saturated heterocycles. The van der Waals surface area contributed by atoms with E-state index in [1.807, 2.05) is 19.9 Å². The molecule has 0 spiro atoms. The third-order valence-electron chi connectivity index (χ3n) is 4.14. The minimum Gasteiger partial charge on any atom is -0.457 e. The maximum Gasteiger partial charge on any atom is 0.339 e. The lowest BCUT2D eigenvalue weighted by Gasteiger charge is -2.26. The van der Waals surface area contributed by atoms with Gasteiger partial charge in [-0.15, -0.1) is 11.3 Å². The highest BCUT2D eigenvalue weighted by atomic mass is 32.2. The normalized spacial score (nSPS) is 15.8. The second-order valence-corrected chi connectivity index (χ2v) is 9.47. The summed E-state index contributed by atoms with van der Waals surface area (Å²) < 4.78 is 37.4. The van der Waals surface area contributed by atoms with Gasteiger partial charge in [0, 0.05) is 22.8 Å². The van der Waals surface area contributed by atoms with Crippen LogP contribution in [0, 0.1) is 13.8 Å². The van der Waals surface area contributed by atoms with E-state index in [2.05, 4.69) is 0 Å². The number of aryl methyl sites for hydroxylation is 2. The Hall–Kier alpha value is -1.74. The molecule has 1 aromatic heterocycles. The number of hydrogen-bond acceptors (Lipinski definition) is 6. The molecule has 140 valence electrons. The smallest absolute Gasteiger partial charge is 0.339 e. The number of hydrogen-bond donors (Lipinski definition) is 0. The first kappa shape index (κ1) is 19.0. The van der Waals surface area contributed by atoms with Crippen LogP contribution in [0.25, 0.3) is 0 Å². The molecule has 1 aromatic carbocycles. The van der Waals surface area contributed by atoms with Crippen LogP contribution in [0.4, 0.5) is 0 Å². The molecule has 1 fully saturated rings. The monoisotopic (exact) mass is 395 g/mol. The van der Waals surface area contributed by atoms with Gasteiger partial charge >= 0.3 is 5.97 Å². The molecule has 0 radical (unpaired) electrons. The van der Waals surface area contributed by atoms with Crippen LogP contribution in [-0.2, 0) is 26.1 Å². The molecular weight excluding hydrogens is 374 g/mol. The third kappa shape index (κ3) is 4.15. The second kappa shape index (κ2) is 7.87. The maximum atomic E-state index is 12.7. The number of carbonyl (C=O) groups excluding carboxylic acids is 1. The number of benzene rings is 1. The van der Waals surface area contributed by atoms with Gasteiger partial charge in [-0.1, -0.05) is 12.1 Å². The summed E-state index contributed by atoms with van der Waals surface area (Å²) in [5, 5.41) is 0. The maximum absolute atomic E-state index is 12.7. The minimum atomic E-state index is -3.56. The molecule has 0 amide bonds. The first-order chi connectivity index (χ1) is 12.4. The molecule has 6 nitrogen and oxygen atoms in total. The van der Waals surface area contributed by atoms with Crippen LogP contribution in [-0.4, -0.2) is 45.0 Å². The molecule has 0 atom stereocenters. The van der Waals surface area contributed by atoms with Crippen LogP contribution < -0.4 is 0 Å². The fourth-order valence-corrected chi connectivity index (χ4v) is 5.18. The van der Waals surface area contributed by atoms with Gasteiger partial charge in [0.05, 0.1) is 23.7 Å². The Morgan fingerprint density at radius 3 is 2.62 bits per heavy atom. The number of nitrogens with zero attached hydrogens (tertiary/aromatic N) is 1. The number of sulfonamides is 1. The van der Waals surface area contributed by atoms with Crippen LogP contribution in [0.15, 0.2) is 35.2 Å². The van der Waals surface area contributed by atoms with Crippen molar-refractivity contribution in [1.82, 2.24) is 4.31 Å². The highest BCUT2D eigenvalue weighted by Crippen LogP contribution is 2.22. The average molecular weight is 396 g/mol. The van der Waals surface area contributed by atoms with E-state index in [0.29, 0.717) is 37.4 Å². The predicted molar refractivity (Wildman–Crippen MR) is 98.9 cm³/mol. The molecule has 0 N–H and O–H groups in total. The second-order valence-electron chi connectivity index (χ2n) is 6.07.